The summed E-state index contributed by atoms with van der Waals surface area (Å²) in [6.07, 6.45) is 2.66. The van der Waals surface area contributed by atoms with Gasteiger partial charge in [0.05, 0.1) is 6.61 Å². The Morgan fingerprint density at radius 1 is 1.08 bits per heavy atom. The molecule has 1 saturated carbocycles. The lowest BCUT2D eigenvalue weighted by molar-refractivity contribution is 0.240. The number of hydrogen-bond acceptors (Lipinski definition) is 2. The predicted octanol–water partition coefficient (Wildman–Crippen LogP) is 2.89. The van der Waals surface area contributed by atoms with E-state index in [2.05, 4.69) is 10.6 Å². The van der Waals surface area contributed by atoms with Crippen molar-refractivity contribution in [2.24, 2.45) is 0 Å². The van der Waals surface area contributed by atoms with Crippen LogP contribution >= 0.6 is 0 Å². The number of aliphatic hydroxyl groups is 1. The van der Waals surface area contributed by atoms with E-state index in [0.29, 0.717) is 13.1 Å². The molecule has 3 N–H and O–H groups in total. The van der Waals surface area contributed by atoms with Crippen LogP contribution in [0.1, 0.15) is 29.5 Å². The second kappa shape index (κ2) is 7.66. The molecule has 3 rings (SSSR count). The maximum absolute atomic E-state index is 13.4. The monoisotopic (exact) mass is 342 g/mol. The molecule has 0 radical (unpaired) electrons. The van der Waals surface area contributed by atoms with Crippen LogP contribution in [-0.4, -0.2) is 24.2 Å². The standard InChI is InChI=1S/C20H23FN2O2/c21-18-3-1-2-17(12-18)20(9-10-20)14-23-19(25)22-11-8-15-4-6-16(13-24)7-5-15/h1-7,12,24H,8-11,13-14H2,(H2,22,23,25). The lowest BCUT2D eigenvalue weighted by atomic mass is 9.96. The third-order valence-corrected chi connectivity index (χ3v) is 4.78. The number of urea groups is 1. The maximum Gasteiger partial charge on any atom is 0.314 e. The van der Waals surface area contributed by atoms with Crippen LogP contribution in [0.15, 0.2) is 48.5 Å². The fourth-order valence-electron chi connectivity index (χ4n) is 2.98. The van der Waals surface area contributed by atoms with Gasteiger partial charge in [-0.2, -0.15) is 0 Å². The van der Waals surface area contributed by atoms with Gasteiger partial charge in [0.25, 0.3) is 0 Å². The van der Waals surface area contributed by atoms with Crippen molar-refractivity contribution in [2.45, 2.75) is 31.3 Å². The molecule has 1 aliphatic rings. The molecule has 0 unspecified atom stereocenters. The third kappa shape index (κ3) is 4.57. The zero-order valence-electron chi connectivity index (χ0n) is 14.1. The van der Waals surface area contributed by atoms with Gasteiger partial charge in [0.1, 0.15) is 5.82 Å². The van der Waals surface area contributed by atoms with E-state index in [1.807, 2.05) is 30.3 Å². The highest BCUT2D eigenvalue weighted by Crippen LogP contribution is 2.47. The molecule has 1 aliphatic carbocycles. The summed E-state index contributed by atoms with van der Waals surface area (Å²) in [7, 11) is 0. The van der Waals surface area contributed by atoms with Crippen molar-refractivity contribution in [1.29, 1.82) is 0 Å². The van der Waals surface area contributed by atoms with Crippen molar-refractivity contribution < 1.29 is 14.3 Å². The fourth-order valence-corrected chi connectivity index (χ4v) is 2.98. The number of hydrogen-bond donors (Lipinski definition) is 3. The topological polar surface area (TPSA) is 61.4 Å². The average Bonchev–Trinajstić information content (AvgIpc) is 3.42. The van der Waals surface area contributed by atoms with Crippen molar-refractivity contribution >= 4 is 6.03 Å². The number of carbonyl (C=O) groups is 1. The van der Waals surface area contributed by atoms with Gasteiger partial charge in [0.2, 0.25) is 0 Å². The van der Waals surface area contributed by atoms with E-state index in [9.17, 15) is 9.18 Å². The molecule has 25 heavy (non-hydrogen) atoms. The highest BCUT2D eigenvalue weighted by molar-refractivity contribution is 5.74. The zero-order valence-corrected chi connectivity index (χ0v) is 14.1. The number of nitrogens with one attached hydrogen (secondary N) is 2. The van der Waals surface area contributed by atoms with Crippen molar-refractivity contribution in [3.8, 4) is 0 Å². The van der Waals surface area contributed by atoms with E-state index < -0.39 is 0 Å². The summed E-state index contributed by atoms with van der Waals surface area (Å²) < 4.78 is 13.4. The molecule has 2 amide bonds. The first kappa shape index (κ1) is 17.4. The molecule has 0 saturated heterocycles. The normalized spacial score (nSPS) is 14.8. The Labute approximate surface area is 147 Å². The van der Waals surface area contributed by atoms with Gasteiger partial charge in [-0.25, -0.2) is 9.18 Å². The molecule has 0 aromatic heterocycles. The molecule has 5 heteroatoms. The van der Waals surface area contributed by atoms with Crippen LogP contribution in [0.4, 0.5) is 9.18 Å². The molecule has 1 fully saturated rings. The quantitative estimate of drug-likeness (QED) is 0.724. The predicted molar refractivity (Wildman–Crippen MR) is 94.8 cm³/mol. The number of carbonyl (C=O) groups excluding carboxylic acids is 1. The Morgan fingerprint density at radius 2 is 1.80 bits per heavy atom. The van der Waals surface area contributed by atoms with Crippen LogP contribution in [0.2, 0.25) is 0 Å². The summed E-state index contributed by atoms with van der Waals surface area (Å²) in [5.74, 6) is -0.236. The average molecular weight is 342 g/mol. The fraction of sp³-hybridized carbons (Fsp3) is 0.350. The van der Waals surface area contributed by atoms with Gasteiger partial charge >= 0.3 is 6.03 Å². The minimum absolute atomic E-state index is 0.0357. The van der Waals surface area contributed by atoms with E-state index in [4.69, 9.17) is 5.11 Å². The zero-order chi connectivity index (χ0) is 17.7. The second-order valence-corrected chi connectivity index (χ2v) is 6.62. The van der Waals surface area contributed by atoms with Crippen LogP contribution < -0.4 is 10.6 Å². The summed E-state index contributed by atoms with van der Waals surface area (Å²) in [5.41, 5.74) is 2.83. The molecule has 132 valence electrons. The van der Waals surface area contributed by atoms with Crippen molar-refractivity contribution in [2.75, 3.05) is 13.1 Å². The Hall–Kier alpha value is -2.40. The summed E-state index contributed by atoms with van der Waals surface area (Å²) in [5, 5.41) is 14.8. The van der Waals surface area contributed by atoms with Gasteiger partial charge in [-0.1, -0.05) is 36.4 Å². The Bertz CT molecular complexity index is 727. The molecule has 0 spiro atoms. The summed E-state index contributed by atoms with van der Waals surface area (Å²) in [4.78, 5) is 12.0. The minimum atomic E-state index is -0.236. The first-order chi connectivity index (χ1) is 12.1. The van der Waals surface area contributed by atoms with Crippen LogP contribution in [0.5, 0.6) is 0 Å². The highest BCUT2D eigenvalue weighted by Gasteiger charge is 2.44. The smallest absolute Gasteiger partial charge is 0.314 e. The van der Waals surface area contributed by atoms with E-state index in [1.54, 1.807) is 12.1 Å². The molecule has 0 atom stereocenters. The Balaban J connectivity index is 1.42. The number of benzene rings is 2. The van der Waals surface area contributed by atoms with E-state index in [0.717, 1.165) is 36.0 Å². The SMILES string of the molecule is O=C(NCCc1ccc(CO)cc1)NCC1(c2cccc(F)c2)CC1. The van der Waals surface area contributed by atoms with E-state index in [1.165, 1.54) is 6.07 Å². The number of halogens is 1. The van der Waals surface area contributed by atoms with Crippen molar-refractivity contribution in [1.82, 2.24) is 10.6 Å². The molecular weight excluding hydrogens is 319 g/mol. The Kier molecular flexibility index (Phi) is 5.34. The second-order valence-electron chi connectivity index (χ2n) is 6.62. The lowest BCUT2D eigenvalue weighted by Crippen LogP contribution is -2.40. The number of amides is 2. The van der Waals surface area contributed by atoms with Crippen LogP contribution in [0.3, 0.4) is 0 Å². The van der Waals surface area contributed by atoms with Gasteiger partial charge in [-0.3, -0.25) is 0 Å². The van der Waals surface area contributed by atoms with Crippen molar-refractivity contribution in [3.63, 3.8) is 0 Å². The van der Waals surface area contributed by atoms with E-state index >= 15 is 0 Å². The summed E-state index contributed by atoms with van der Waals surface area (Å²) >= 11 is 0. The molecule has 0 bridgehead atoms. The first-order valence-electron chi connectivity index (χ1n) is 8.58. The van der Waals surface area contributed by atoms with Crippen LogP contribution in [-0.2, 0) is 18.4 Å². The van der Waals surface area contributed by atoms with Gasteiger partial charge in [-0.15, -0.1) is 0 Å². The van der Waals surface area contributed by atoms with Crippen molar-refractivity contribution in [3.05, 3.63) is 71.0 Å². The summed E-state index contributed by atoms with van der Waals surface area (Å²) in [6, 6.07) is 14.1. The molecule has 0 aliphatic heterocycles. The van der Waals surface area contributed by atoms with Crippen LogP contribution in [0.25, 0.3) is 0 Å². The highest BCUT2D eigenvalue weighted by atomic mass is 19.1. The largest absolute Gasteiger partial charge is 0.392 e. The number of rotatable bonds is 7. The lowest BCUT2D eigenvalue weighted by Gasteiger charge is -2.17. The van der Waals surface area contributed by atoms with Crippen LogP contribution in [0, 0.1) is 5.82 Å². The molecular formula is C20H23FN2O2. The molecule has 2 aromatic rings. The molecule has 2 aromatic carbocycles. The van der Waals surface area contributed by atoms with Gasteiger partial charge in [0.15, 0.2) is 0 Å². The first-order valence-corrected chi connectivity index (χ1v) is 8.58. The number of aliphatic hydroxyl groups excluding tert-OH is 1. The molecule has 0 heterocycles. The van der Waals surface area contributed by atoms with Gasteiger partial charge in [0, 0.05) is 18.5 Å². The maximum atomic E-state index is 13.4. The minimum Gasteiger partial charge on any atom is -0.392 e. The van der Waals surface area contributed by atoms with Gasteiger partial charge in [-0.05, 0) is 48.1 Å². The van der Waals surface area contributed by atoms with Gasteiger partial charge < -0.3 is 15.7 Å². The molecule has 4 nitrogen and oxygen atoms in total. The summed E-state index contributed by atoms with van der Waals surface area (Å²) in [6.45, 7) is 1.10. The third-order valence-electron chi connectivity index (χ3n) is 4.78. The van der Waals surface area contributed by atoms with E-state index in [-0.39, 0.29) is 23.9 Å². The Morgan fingerprint density at radius 3 is 2.44 bits per heavy atom.